The second-order valence-corrected chi connectivity index (χ2v) is 6.60. The van der Waals surface area contributed by atoms with Crippen molar-refractivity contribution in [3.8, 4) is 0 Å². The molecule has 1 aliphatic rings. The fourth-order valence-corrected chi connectivity index (χ4v) is 3.18. The quantitative estimate of drug-likeness (QED) is 0.551. The first-order valence-electron chi connectivity index (χ1n) is 8.27. The molecule has 0 spiro atoms. The lowest BCUT2D eigenvalue weighted by molar-refractivity contribution is -0.287. The largest absolute Gasteiger partial charge is 0.437 e. The molecule has 3 rings (SSSR count). The van der Waals surface area contributed by atoms with Gasteiger partial charge in [-0.2, -0.15) is 13.2 Å². The van der Waals surface area contributed by atoms with Gasteiger partial charge in [-0.15, -0.1) is 0 Å². The van der Waals surface area contributed by atoms with Gasteiger partial charge in [0.25, 0.3) is 0 Å². The van der Waals surface area contributed by atoms with Gasteiger partial charge in [0.05, 0.1) is 6.04 Å². The maximum Gasteiger partial charge on any atom is 0.437 e. The minimum absolute atomic E-state index is 0.212. The zero-order valence-corrected chi connectivity index (χ0v) is 14.5. The fraction of sp³-hybridized carbons (Fsp3) is 0.263. The minimum atomic E-state index is -5.34. The average Bonchev–Trinajstić information content (AvgIpc) is 2.61. The van der Waals surface area contributed by atoms with Gasteiger partial charge < -0.3 is 15.7 Å². The number of hydrogen-bond donors (Lipinski definition) is 3. The molecule has 0 saturated carbocycles. The Hall–Kier alpha value is -2.94. The van der Waals surface area contributed by atoms with E-state index in [1.54, 1.807) is 19.1 Å². The number of benzene rings is 2. The molecule has 2 amide bonds. The first kappa shape index (κ1) is 19.8. The van der Waals surface area contributed by atoms with Gasteiger partial charge >= 0.3 is 12.2 Å². The summed E-state index contributed by atoms with van der Waals surface area (Å²) < 4.78 is 54.4. The van der Waals surface area contributed by atoms with Crippen LogP contribution in [0.1, 0.15) is 27.5 Å². The number of Topliss-reactive ketones (excluding diaryl/α,β-unsaturated/α-hetero) is 1. The smallest absolute Gasteiger partial charge is 0.363 e. The highest BCUT2D eigenvalue weighted by molar-refractivity contribution is 6.00. The molecule has 1 fully saturated rings. The lowest BCUT2D eigenvalue weighted by atomic mass is 9.77. The molecule has 0 unspecified atom stereocenters. The van der Waals surface area contributed by atoms with E-state index in [4.69, 9.17) is 0 Å². The number of carbonyl (C=O) groups is 2. The van der Waals surface area contributed by atoms with Crippen molar-refractivity contribution in [3.05, 3.63) is 71.0 Å². The number of aryl methyl sites for hydroxylation is 1. The van der Waals surface area contributed by atoms with Gasteiger partial charge in [-0.25, -0.2) is 9.18 Å². The summed E-state index contributed by atoms with van der Waals surface area (Å²) in [5, 5.41) is 14.1. The molecule has 0 aromatic heterocycles. The van der Waals surface area contributed by atoms with Crippen LogP contribution in [-0.2, 0) is 0 Å². The normalized spacial score (nSPS) is 25.0. The van der Waals surface area contributed by atoms with Gasteiger partial charge in [0.15, 0.2) is 5.78 Å². The number of halogens is 4. The Labute approximate surface area is 157 Å². The van der Waals surface area contributed by atoms with E-state index in [2.05, 4.69) is 5.32 Å². The number of carbonyl (C=O) groups excluding carboxylic acids is 2. The summed E-state index contributed by atoms with van der Waals surface area (Å²) in [5.74, 6) is -3.91. The highest BCUT2D eigenvalue weighted by atomic mass is 19.4. The van der Waals surface area contributed by atoms with Gasteiger partial charge in [-0.1, -0.05) is 29.8 Å². The Kier molecular flexibility index (Phi) is 4.88. The number of amides is 2. The number of aliphatic hydroxyl groups is 1. The number of alkyl halides is 3. The van der Waals surface area contributed by atoms with Gasteiger partial charge in [-0.05, 0) is 36.8 Å². The molecule has 5 nitrogen and oxygen atoms in total. The lowest BCUT2D eigenvalue weighted by Crippen LogP contribution is -2.72. The molecule has 3 atom stereocenters. The second-order valence-electron chi connectivity index (χ2n) is 6.60. The van der Waals surface area contributed by atoms with E-state index in [1.165, 1.54) is 17.4 Å². The Balaban J connectivity index is 2.15. The van der Waals surface area contributed by atoms with Crippen LogP contribution in [0.25, 0.3) is 0 Å². The minimum Gasteiger partial charge on any atom is -0.363 e. The molecule has 2 aromatic rings. The third-order valence-corrected chi connectivity index (χ3v) is 4.65. The van der Waals surface area contributed by atoms with E-state index in [9.17, 15) is 32.3 Å². The molecule has 9 heteroatoms. The molecule has 0 aliphatic carbocycles. The summed E-state index contributed by atoms with van der Waals surface area (Å²) >= 11 is 0. The van der Waals surface area contributed by atoms with Crippen molar-refractivity contribution in [1.29, 1.82) is 0 Å². The van der Waals surface area contributed by atoms with Crippen LogP contribution in [0.4, 0.5) is 22.4 Å². The Bertz CT molecular complexity index is 897. The van der Waals surface area contributed by atoms with Gasteiger partial charge in [0.2, 0.25) is 5.72 Å². The maximum atomic E-state index is 13.7. The van der Waals surface area contributed by atoms with E-state index in [1.807, 2.05) is 0 Å². The molecule has 3 N–H and O–H groups in total. The standard InChI is InChI=1S/C19H16F4N2O3/c1-10-2-4-11(5-3-10)15-14(16(26)12-6-8-13(20)9-7-12)18(28,19(21,22)23)25-17(27)24-15/h2-9,14-15,28H,1H3,(H2,24,25,27)/t14-,15-,18+/m1/s1. The summed E-state index contributed by atoms with van der Waals surface area (Å²) in [6, 6.07) is 7.32. The molecule has 1 saturated heterocycles. The van der Waals surface area contributed by atoms with E-state index < -0.39 is 41.5 Å². The average molecular weight is 396 g/mol. The summed E-state index contributed by atoms with van der Waals surface area (Å²) in [5.41, 5.74) is -3.01. The number of urea groups is 1. The van der Waals surface area contributed by atoms with Crippen LogP contribution in [0.3, 0.4) is 0 Å². The monoisotopic (exact) mass is 396 g/mol. The number of ketones is 1. The van der Waals surface area contributed by atoms with Gasteiger partial charge in [0, 0.05) is 5.56 Å². The molecular weight excluding hydrogens is 380 g/mol. The lowest BCUT2D eigenvalue weighted by Gasteiger charge is -2.45. The van der Waals surface area contributed by atoms with Crippen LogP contribution in [0.2, 0.25) is 0 Å². The number of rotatable bonds is 3. The molecule has 148 valence electrons. The zero-order valence-electron chi connectivity index (χ0n) is 14.5. The zero-order chi connectivity index (χ0) is 20.7. The second kappa shape index (κ2) is 6.90. The highest BCUT2D eigenvalue weighted by Gasteiger charge is 2.66. The van der Waals surface area contributed by atoms with Crippen LogP contribution >= 0.6 is 0 Å². The molecule has 0 radical (unpaired) electrons. The predicted molar refractivity (Wildman–Crippen MR) is 90.8 cm³/mol. The summed E-state index contributed by atoms with van der Waals surface area (Å²) in [7, 11) is 0. The van der Waals surface area contributed by atoms with Crippen molar-refractivity contribution in [2.45, 2.75) is 24.9 Å². The Morgan fingerprint density at radius 2 is 1.64 bits per heavy atom. The highest BCUT2D eigenvalue weighted by Crippen LogP contribution is 2.43. The van der Waals surface area contributed by atoms with Crippen LogP contribution in [0, 0.1) is 18.7 Å². The maximum absolute atomic E-state index is 13.7. The summed E-state index contributed by atoms with van der Waals surface area (Å²) in [6.45, 7) is 1.76. The van der Waals surface area contributed by atoms with Crippen LogP contribution in [-0.4, -0.2) is 28.8 Å². The predicted octanol–water partition coefficient (Wildman–Crippen LogP) is 3.24. The fourth-order valence-electron chi connectivity index (χ4n) is 3.18. The first-order chi connectivity index (χ1) is 13.0. The summed E-state index contributed by atoms with van der Waals surface area (Å²) in [4.78, 5) is 24.8. The molecule has 0 bridgehead atoms. The molecule has 28 heavy (non-hydrogen) atoms. The topological polar surface area (TPSA) is 78.4 Å². The number of hydrogen-bond acceptors (Lipinski definition) is 3. The number of nitrogens with one attached hydrogen (secondary N) is 2. The van der Waals surface area contributed by atoms with Crippen molar-refractivity contribution < 1.29 is 32.3 Å². The first-order valence-corrected chi connectivity index (χ1v) is 8.27. The van der Waals surface area contributed by atoms with E-state index in [-0.39, 0.29) is 11.1 Å². The molecular formula is C19H16F4N2O3. The third-order valence-electron chi connectivity index (χ3n) is 4.65. The summed E-state index contributed by atoms with van der Waals surface area (Å²) in [6.07, 6.45) is -5.34. The van der Waals surface area contributed by atoms with Crippen molar-refractivity contribution in [2.75, 3.05) is 0 Å². The van der Waals surface area contributed by atoms with Crippen LogP contribution < -0.4 is 10.6 Å². The van der Waals surface area contributed by atoms with E-state index >= 15 is 0 Å². The third kappa shape index (κ3) is 3.45. The van der Waals surface area contributed by atoms with Gasteiger partial charge in [0.1, 0.15) is 11.7 Å². The SMILES string of the molecule is Cc1ccc([C@H]2NC(=O)N[C@@](O)(C(F)(F)F)[C@H]2C(=O)c2ccc(F)cc2)cc1. The van der Waals surface area contributed by atoms with E-state index in [0.29, 0.717) is 0 Å². The molecule has 1 heterocycles. The molecule has 2 aromatic carbocycles. The van der Waals surface area contributed by atoms with Crippen molar-refractivity contribution >= 4 is 11.8 Å². The van der Waals surface area contributed by atoms with Crippen molar-refractivity contribution in [2.24, 2.45) is 5.92 Å². The van der Waals surface area contributed by atoms with Gasteiger partial charge in [-0.3, -0.25) is 4.79 Å². The molecule has 1 aliphatic heterocycles. The van der Waals surface area contributed by atoms with Crippen molar-refractivity contribution in [3.63, 3.8) is 0 Å². The van der Waals surface area contributed by atoms with Crippen LogP contribution in [0.15, 0.2) is 48.5 Å². The van der Waals surface area contributed by atoms with Crippen LogP contribution in [0.5, 0.6) is 0 Å². The van der Waals surface area contributed by atoms with Crippen molar-refractivity contribution in [1.82, 2.24) is 10.6 Å². The van der Waals surface area contributed by atoms with E-state index in [0.717, 1.165) is 29.8 Å². The Morgan fingerprint density at radius 3 is 2.18 bits per heavy atom. The Morgan fingerprint density at radius 1 is 1.07 bits per heavy atom.